The molecule has 2 aromatic rings. The highest BCUT2D eigenvalue weighted by Gasteiger charge is 2.15. The van der Waals surface area contributed by atoms with Gasteiger partial charge in [0.05, 0.1) is 0 Å². The van der Waals surface area contributed by atoms with Gasteiger partial charge in [-0.25, -0.2) is 0 Å². The van der Waals surface area contributed by atoms with E-state index in [2.05, 4.69) is 37.2 Å². The van der Waals surface area contributed by atoms with Crippen molar-refractivity contribution >= 4 is 49.8 Å². The van der Waals surface area contributed by atoms with E-state index in [0.29, 0.717) is 4.67 Å². The zero-order chi connectivity index (χ0) is 15.4. The quantitative estimate of drug-likeness (QED) is 0.755. The first-order valence-electron chi connectivity index (χ1n) is 5.79. The van der Waals surface area contributed by atoms with Crippen LogP contribution in [0.1, 0.15) is 16.1 Å². The molecular weight excluding hydrogens is 404 g/mol. The lowest BCUT2D eigenvalue weighted by Gasteiger charge is -2.05. The molecule has 1 heterocycles. The lowest BCUT2D eigenvalue weighted by molar-refractivity contribution is -0.114. The number of carbonyl (C=O) groups excluding carboxylic acids is 2. The van der Waals surface area contributed by atoms with Crippen LogP contribution in [0.4, 0.5) is 0 Å². The number of carbonyl (C=O) groups is 2. The summed E-state index contributed by atoms with van der Waals surface area (Å²) in [7, 11) is 0. The Labute approximate surface area is 137 Å². The van der Waals surface area contributed by atoms with Crippen molar-refractivity contribution in [2.75, 3.05) is 0 Å². The van der Waals surface area contributed by atoms with Gasteiger partial charge in [-0.1, -0.05) is 28.1 Å². The number of rotatable bonds is 4. The van der Waals surface area contributed by atoms with Crippen LogP contribution in [0.5, 0.6) is 0 Å². The van der Waals surface area contributed by atoms with E-state index in [1.54, 1.807) is 18.2 Å². The monoisotopic (exact) mass is 412 g/mol. The van der Waals surface area contributed by atoms with Crippen molar-refractivity contribution in [1.82, 2.24) is 5.32 Å². The molecule has 5 nitrogen and oxygen atoms in total. The van der Waals surface area contributed by atoms with Crippen LogP contribution in [0.3, 0.4) is 0 Å². The van der Waals surface area contributed by atoms with Crippen molar-refractivity contribution in [3.05, 3.63) is 62.6 Å². The molecule has 0 radical (unpaired) electrons. The Bertz CT molecular complexity index is 705. The van der Waals surface area contributed by atoms with Gasteiger partial charge in [-0.05, 0) is 51.8 Å². The van der Waals surface area contributed by atoms with Crippen LogP contribution in [0.2, 0.25) is 0 Å². The average molecular weight is 414 g/mol. The van der Waals surface area contributed by atoms with Gasteiger partial charge in [0.25, 0.3) is 11.8 Å². The van der Waals surface area contributed by atoms with Crippen molar-refractivity contribution in [3.63, 3.8) is 0 Å². The van der Waals surface area contributed by atoms with Crippen LogP contribution in [0.25, 0.3) is 6.08 Å². The molecule has 0 atom stereocenters. The van der Waals surface area contributed by atoms with Crippen LogP contribution < -0.4 is 11.1 Å². The molecule has 2 amide bonds. The molecule has 1 aromatic carbocycles. The smallest absolute Gasteiger partial charge is 0.291 e. The minimum atomic E-state index is -0.739. The van der Waals surface area contributed by atoms with Crippen LogP contribution in [0.15, 0.2) is 55.7 Å². The molecule has 108 valence electrons. The molecule has 0 aliphatic carbocycles. The number of nitrogens with one attached hydrogen (secondary N) is 1. The Hall–Kier alpha value is -1.86. The van der Waals surface area contributed by atoms with Crippen LogP contribution in [-0.4, -0.2) is 11.8 Å². The van der Waals surface area contributed by atoms with Gasteiger partial charge in [-0.3, -0.25) is 9.59 Å². The Morgan fingerprint density at radius 3 is 2.29 bits per heavy atom. The molecule has 0 saturated heterocycles. The Morgan fingerprint density at radius 1 is 1.10 bits per heavy atom. The van der Waals surface area contributed by atoms with Gasteiger partial charge in [-0.2, -0.15) is 0 Å². The molecule has 2 rings (SSSR count). The molecule has 21 heavy (non-hydrogen) atoms. The minimum Gasteiger partial charge on any atom is -0.444 e. The summed E-state index contributed by atoms with van der Waals surface area (Å²) < 4.78 is 6.44. The lowest BCUT2D eigenvalue weighted by atomic mass is 10.2. The van der Waals surface area contributed by atoms with E-state index in [-0.39, 0.29) is 11.5 Å². The topological polar surface area (TPSA) is 85.3 Å². The van der Waals surface area contributed by atoms with Crippen molar-refractivity contribution in [1.29, 1.82) is 0 Å². The van der Waals surface area contributed by atoms with E-state index < -0.39 is 11.8 Å². The predicted molar refractivity (Wildman–Crippen MR) is 85.2 cm³/mol. The summed E-state index contributed by atoms with van der Waals surface area (Å²) in [6.45, 7) is 0. The number of benzene rings is 1. The van der Waals surface area contributed by atoms with Crippen LogP contribution in [-0.2, 0) is 4.79 Å². The van der Waals surface area contributed by atoms with Gasteiger partial charge in [0, 0.05) is 4.47 Å². The maximum absolute atomic E-state index is 11.9. The molecule has 0 aliphatic heterocycles. The zero-order valence-electron chi connectivity index (χ0n) is 10.6. The minimum absolute atomic E-state index is 0.0187. The summed E-state index contributed by atoms with van der Waals surface area (Å²) in [6.07, 6.45) is 1.49. The van der Waals surface area contributed by atoms with Crippen molar-refractivity contribution in [2.24, 2.45) is 5.73 Å². The summed E-state index contributed by atoms with van der Waals surface area (Å²) >= 11 is 6.41. The fraction of sp³-hybridized carbons (Fsp3) is 0. The summed E-state index contributed by atoms with van der Waals surface area (Å²) in [5, 5.41) is 2.43. The van der Waals surface area contributed by atoms with Crippen molar-refractivity contribution in [2.45, 2.75) is 0 Å². The van der Waals surface area contributed by atoms with Gasteiger partial charge < -0.3 is 15.5 Å². The molecule has 0 saturated carbocycles. The molecule has 1 aromatic heterocycles. The number of hydrogen-bond acceptors (Lipinski definition) is 3. The zero-order valence-corrected chi connectivity index (χ0v) is 13.8. The lowest BCUT2D eigenvalue weighted by Crippen LogP contribution is -2.30. The normalized spacial score (nSPS) is 11.2. The highest BCUT2D eigenvalue weighted by atomic mass is 79.9. The molecule has 0 bridgehead atoms. The first-order valence-corrected chi connectivity index (χ1v) is 7.38. The molecule has 0 spiro atoms. The SMILES string of the molecule is NC(=O)C(=Cc1ccc(Br)cc1)NC(=O)c1ccc(Br)o1. The summed E-state index contributed by atoms with van der Waals surface area (Å²) in [6, 6.07) is 10.3. The second kappa shape index (κ2) is 6.73. The first kappa shape index (κ1) is 15.5. The van der Waals surface area contributed by atoms with Crippen molar-refractivity contribution in [3.8, 4) is 0 Å². The molecule has 3 N–H and O–H groups in total. The largest absolute Gasteiger partial charge is 0.444 e. The van der Waals surface area contributed by atoms with Gasteiger partial charge in [0.1, 0.15) is 5.70 Å². The van der Waals surface area contributed by atoms with Gasteiger partial charge in [0.2, 0.25) is 0 Å². The van der Waals surface area contributed by atoms with Gasteiger partial charge >= 0.3 is 0 Å². The summed E-state index contributed by atoms with van der Waals surface area (Å²) in [5.41, 5.74) is 5.99. The Balaban J connectivity index is 2.21. The predicted octanol–water partition coefficient (Wildman–Crippen LogP) is 3.06. The van der Waals surface area contributed by atoms with Crippen molar-refractivity contribution < 1.29 is 14.0 Å². The Morgan fingerprint density at radius 2 is 1.76 bits per heavy atom. The van der Waals surface area contributed by atoms with E-state index >= 15 is 0 Å². The number of nitrogens with two attached hydrogens (primary N) is 1. The Kier molecular flexibility index (Phi) is 4.98. The number of halogens is 2. The highest BCUT2D eigenvalue weighted by Crippen LogP contribution is 2.15. The molecule has 0 fully saturated rings. The van der Waals surface area contributed by atoms with Gasteiger partial charge in [0.15, 0.2) is 10.4 Å². The van der Waals surface area contributed by atoms with E-state index in [4.69, 9.17) is 10.2 Å². The molecule has 0 unspecified atom stereocenters. The summed E-state index contributed by atoms with van der Waals surface area (Å²) in [4.78, 5) is 23.4. The second-order valence-corrected chi connectivity index (χ2v) is 5.73. The fourth-order valence-corrected chi connectivity index (χ4v) is 2.09. The van der Waals surface area contributed by atoms with Gasteiger partial charge in [-0.15, -0.1) is 0 Å². The standard InChI is InChI=1S/C14H10Br2N2O3/c15-9-3-1-8(2-4-9)7-10(13(17)19)18-14(20)11-5-6-12(16)21-11/h1-7H,(H2,17,19)(H,18,20). The third-order valence-corrected chi connectivity index (χ3v) is 3.45. The number of amides is 2. The van der Waals surface area contributed by atoms with E-state index in [1.807, 2.05) is 12.1 Å². The third kappa shape index (κ3) is 4.30. The molecule has 7 heteroatoms. The summed E-state index contributed by atoms with van der Waals surface area (Å²) in [5.74, 6) is -1.22. The third-order valence-electron chi connectivity index (χ3n) is 2.49. The molecular formula is C14H10Br2N2O3. The maximum atomic E-state index is 11.9. The molecule has 0 aliphatic rings. The van der Waals surface area contributed by atoms with Crippen LogP contribution in [0, 0.1) is 0 Å². The second-order valence-electron chi connectivity index (χ2n) is 4.03. The fourth-order valence-electron chi connectivity index (χ4n) is 1.51. The van der Waals surface area contributed by atoms with E-state index in [9.17, 15) is 9.59 Å². The van der Waals surface area contributed by atoms with E-state index in [1.165, 1.54) is 12.1 Å². The number of primary amides is 1. The average Bonchev–Trinajstić information content (AvgIpc) is 2.87. The van der Waals surface area contributed by atoms with Crippen LogP contribution >= 0.6 is 31.9 Å². The maximum Gasteiger partial charge on any atom is 0.291 e. The number of hydrogen-bond donors (Lipinski definition) is 2. The number of furan rings is 1. The highest BCUT2D eigenvalue weighted by molar-refractivity contribution is 9.10. The first-order chi connectivity index (χ1) is 9.95. The van der Waals surface area contributed by atoms with E-state index in [0.717, 1.165) is 10.0 Å².